The molecule has 0 heterocycles. The first-order valence-corrected chi connectivity index (χ1v) is 7.82. The van der Waals surface area contributed by atoms with Crippen LogP contribution in [0.2, 0.25) is 0 Å². The second-order valence-corrected chi connectivity index (χ2v) is 7.08. The van der Waals surface area contributed by atoms with Crippen molar-refractivity contribution in [1.82, 2.24) is 4.31 Å². The van der Waals surface area contributed by atoms with E-state index in [1.54, 1.807) is 0 Å². The van der Waals surface area contributed by atoms with E-state index in [1.165, 1.54) is 0 Å². The number of alkyl halides is 11. The lowest BCUT2D eigenvalue weighted by Crippen LogP contribution is -2.69. The molecule has 0 fully saturated rings. The molecule has 0 bridgehead atoms. The Morgan fingerprint density at radius 1 is 0.769 bits per heavy atom. The van der Waals surface area contributed by atoms with Gasteiger partial charge in [-0.05, 0) is 12.8 Å². The van der Waals surface area contributed by atoms with Crippen molar-refractivity contribution < 1.29 is 61.8 Å². The summed E-state index contributed by atoms with van der Waals surface area (Å²) in [6.07, 6.45) is -8.03. The largest absolute Gasteiger partial charge is 0.460 e. The fourth-order valence-electron chi connectivity index (χ4n) is 1.48. The average Bonchev–Trinajstić information content (AvgIpc) is 2.45. The van der Waals surface area contributed by atoms with E-state index in [9.17, 15) is 56.7 Å². The van der Waals surface area contributed by atoms with Gasteiger partial charge >= 0.3 is 29.2 Å². The van der Waals surface area contributed by atoms with Gasteiger partial charge in [-0.25, -0.2) is 8.42 Å². The van der Waals surface area contributed by atoms with Crippen molar-refractivity contribution in [3.63, 3.8) is 0 Å². The Morgan fingerprint density at radius 2 is 1.19 bits per heavy atom. The number of hydrogen-bond donors (Lipinski definition) is 1. The number of sulfonamides is 1. The van der Waals surface area contributed by atoms with E-state index in [-0.39, 0.29) is 13.5 Å². The first kappa shape index (κ1) is 25.1. The molecule has 0 aromatic rings. The second kappa shape index (κ2) is 7.26. The van der Waals surface area contributed by atoms with E-state index in [0.29, 0.717) is 0 Å². The minimum Gasteiger partial charge on any atom is -0.396 e. The summed E-state index contributed by atoms with van der Waals surface area (Å²) in [4.78, 5) is 0. The Hall–Kier alpha value is -0.900. The Morgan fingerprint density at radius 3 is 1.54 bits per heavy atom. The fourth-order valence-corrected chi connectivity index (χ4v) is 2.70. The normalized spacial score (nSPS) is 15.6. The monoisotopic (exact) mass is 435 g/mol. The third kappa shape index (κ3) is 3.72. The lowest BCUT2D eigenvalue weighted by molar-refractivity contribution is -0.413. The van der Waals surface area contributed by atoms with Gasteiger partial charge in [0.2, 0.25) is 0 Å². The summed E-state index contributed by atoms with van der Waals surface area (Å²) < 4.78 is 163. The van der Waals surface area contributed by atoms with Crippen LogP contribution in [0.1, 0.15) is 12.8 Å². The zero-order valence-electron chi connectivity index (χ0n) is 12.6. The van der Waals surface area contributed by atoms with Gasteiger partial charge in [-0.1, -0.05) is 0 Å². The lowest BCUT2D eigenvalue weighted by atomic mass is 10.0. The van der Waals surface area contributed by atoms with E-state index < -0.39 is 63.1 Å². The van der Waals surface area contributed by atoms with Crippen LogP contribution in [-0.2, 0) is 10.0 Å². The van der Waals surface area contributed by atoms with Crippen molar-refractivity contribution in [2.45, 2.75) is 42.0 Å². The van der Waals surface area contributed by atoms with Crippen molar-refractivity contribution >= 4 is 10.0 Å². The molecular formula is C10H12F11NO3S. The topological polar surface area (TPSA) is 57.6 Å². The maximum Gasteiger partial charge on any atom is 0.460 e. The van der Waals surface area contributed by atoms with Crippen molar-refractivity contribution in [2.75, 3.05) is 20.2 Å². The maximum atomic E-state index is 13.5. The molecule has 4 nitrogen and oxygen atoms in total. The van der Waals surface area contributed by atoms with Crippen LogP contribution in [0.15, 0.2) is 0 Å². The lowest BCUT2D eigenvalue weighted by Gasteiger charge is -2.37. The quantitative estimate of drug-likeness (QED) is 0.448. The molecule has 0 aliphatic heterocycles. The molecule has 0 radical (unpaired) electrons. The zero-order chi connectivity index (χ0) is 21.4. The summed E-state index contributed by atoms with van der Waals surface area (Å²) in [5, 5.41) is 1.41. The Bertz CT molecular complexity index is 588. The Kier molecular flexibility index (Phi) is 7.00. The maximum absolute atomic E-state index is 13.5. The summed E-state index contributed by atoms with van der Waals surface area (Å²) in [6, 6.07) is 0. The fraction of sp³-hybridized carbons (Fsp3) is 1.00. The highest BCUT2D eigenvalue weighted by Crippen LogP contribution is 2.58. The van der Waals surface area contributed by atoms with Crippen molar-refractivity contribution in [2.24, 2.45) is 0 Å². The third-order valence-electron chi connectivity index (χ3n) is 3.13. The van der Waals surface area contributed by atoms with E-state index >= 15 is 0 Å². The molecular weight excluding hydrogens is 423 g/mol. The molecule has 0 aliphatic rings. The van der Waals surface area contributed by atoms with E-state index in [1.807, 2.05) is 0 Å². The van der Waals surface area contributed by atoms with Crippen molar-refractivity contribution in [3.8, 4) is 0 Å². The number of rotatable bonds is 9. The van der Waals surface area contributed by atoms with Gasteiger partial charge in [-0.2, -0.15) is 52.6 Å². The number of hydrogen-bond acceptors (Lipinski definition) is 3. The van der Waals surface area contributed by atoms with Crippen LogP contribution in [0, 0.1) is 0 Å². The third-order valence-corrected chi connectivity index (χ3v) is 5.03. The van der Waals surface area contributed by atoms with E-state index in [0.717, 1.165) is 0 Å². The van der Waals surface area contributed by atoms with Gasteiger partial charge in [-0.3, -0.25) is 0 Å². The zero-order valence-corrected chi connectivity index (χ0v) is 13.4. The highest BCUT2D eigenvalue weighted by atomic mass is 32.2. The van der Waals surface area contributed by atoms with E-state index in [4.69, 9.17) is 5.11 Å². The first-order valence-electron chi connectivity index (χ1n) is 6.38. The molecule has 158 valence electrons. The molecule has 0 amide bonds. The second-order valence-electron chi connectivity index (χ2n) is 5.00. The molecule has 1 N–H and O–H groups in total. The van der Waals surface area contributed by atoms with Crippen LogP contribution in [0.25, 0.3) is 0 Å². The smallest absolute Gasteiger partial charge is 0.396 e. The van der Waals surface area contributed by atoms with E-state index in [2.05, 4.69) is 0 Å². The van der Waals surface area contributed by atoms with Crippen molar-refractivity contribution in [3.05, 3.63) is 0 Å². The highest BCUT2D eigenvalue weighted by Gasteiger charge is 2.89. The van der Waals surface area contributed by atoms with Crippen molar-refractivity contribution in [1.29, 1.82) is 0 Å². The van der Waals surface area contributed by atoms with Gasteiger partial charge in [0.05, 0.1) is 0 Å². The van der Waals surface area contributed by atoms with Crippen LogP contribution in [0.4, 0.5) is 48.3 Å². The summed E-state index contributed by atoms with van der Waals surface area (Å²) in [5.74, 6) is -23.1. The number of halogens is 11. The standard InChI is InChI=1S/C10H12F11NO3S/c1-22(4-2-3-5-23)26(24,25)10(20,21)8(15,16)6(11,12)7(13,14)9(17,18)19/h23H,2-5H2,1H3. The van der Waals surface area contributed by atoms with Gasteiger partial charge in [0.15, 0.2) is 0 Å². The molecule has 26 heavy (non-hydrogen) atoms. The molecule has 0 aromatic heterocycles. The molecule has 0 atom stereocenters. The summed E-state index contributed by atoms with van der Waals surface area (Å²) in [7, 11) is -6.59. The predicted molar refractivity (Wildman–Crippen MR) is 63.7 cm³/mol. The van der Waals surface area contributed by atoms with Gasteiger partial charge in [0, 0.05) is 20.2 Å². The predicted octanol–water partition coefficient (Wildman–Crippen LogP) is 3.08. The van der Waals surface area contributed by atoms with Crippen LogP contribution in [0.5, 0.6) is 0 Å². The molecule has 16 heteroatoms. The molecule has 0 unspecified atom stereocenters. The summed E-state index contributed by atoms with van der Waals surface area (Å²) in [5.41, 5.74) is 0. The highest BCUT2D eigenvalue weighted by molar-refractivity contribution is 7.90. The van der Waals surface area contributed by atoms with Gasteiger partial charge in [-0.15, -0.1) is 0 Å². The molecule has 0 saturated heterocycles. The van der Waals surface area contributed by atoms with Gasteiger partial charge in [0.25, 0.3) is 10.0 Å². The van der Waals surface area contributed by atoms with Crippen LogP contribution in [-0.4, -0.2) is 67.2 Å². The summed E-state index contributed by atoms with van der Waals surface area (Å²) >= 11 is 0. The molecule has 0 aromatic carbocycles. The summed E-state index contributed by atoms with van der Waals surface area (Å²) in [6.45, 7) is -1.62. The first-order chi connectivity index (χ1) is 11.2. The number of aliphatic hydroxyl groups is 1. The number of nitrogens with zero attached hydrogens (tertiary/aromatic N) is 1. The Balaban J connectivity index is 6.09. The molecule has 0 aliphatic carbocycles. The van der Waals surface area contributed by atoms with Crippen LogP contribution < -0.4 is 0 Å². The van der Waals surface area contributed by atoms with Crippen LogP contribution in [0.3, 0.4) is 0 Å². The van der Waals surface area contributed by atoms with Gasteiger partial charge in [0.1, 0.15) is 0 Å². The number of unbranched alkanes of at least 4 members (excludes halogenated alkanes) is 1. The SMILES string of the molecule is CN(CCCCO)S(=O)(=O)C(F)(F)C(F)(F)C(F)(F)C(F)(F)C(F)(F)F. The molecule has 0 saturated carbocycles. The number of aliphatic hydroxyl groups excluding tert-OH is 1. The van der Waals surface area contributed by atoms with Gasteiger partial charge < -0.3 is 5.11 Å². The average molecular weight is 435 g/mol. The molecule has 0 rings (SSSR count). The minimum absolute atomic E-state index is 0.191. The van der Waals surface area contributed by atoms with Crippen LogP contribution >= 0.6 is 0 Å². The Labute approximate surface area is 139 Å². The molecule has 0 spiro atoms. The minimum atomic E-state index is -7.79.